The van der Waals surface area contributed by atoms with Gasteiger partial charge in [0.2, 0.25) is 11.8 Å². The molecule has 3 aromatic carbocycles. The minimum atomic E-state index is -4.46. The Morgan fingerprint density at radius 2 is 1.46 bits per heavy atom. The largest absolute Gasteiger partial charge is 0.446 e. The van der Waals surface area contributed by atoms with Gasteiger partial charge in [-0.2, -0.15) is 18.3 Å². The van der Waals surface area contributed by atoms with E-state index in [1.165, 1.54) is 42.6 Å². The number of alkyl halides is 4. The van der Waals surface area contributed by atoms with Gasteiger partial charge in [0.15, 0.2) is 5.69 Å². The second kappa shape index (κ2) is 21.0. The lowest BCUT2D eigenvalue weighted by molar-refractivity contribution is -0.134. The van der Waals surface area contributed by atoms with Gasteiger partial charge in [-0.25, -0.2) is 14.5 Å². The van der Waals surface area contributed by atoms with Gasteiger partial charge in [-0.05, 0) is 78.0 Å². The number of benzene rings is 3. The summed E-state index contributed by atoms with van der Waals surface area (Å²) in [6.07, 6.45) is 3.21. The Morgan fingerprint density at radius 1 is 0.776 bits per heavy atom. The Bertz CT molecular complexity index is 2700. The van der Waals surface area contributed by atoms with E-state index >= 15 is 4.39 Å². The predicted molar refractivity (Wildman–Crippen MR) is 246 cm³/mol. The maximum atomic E-state index is 15.1. The van der Waals surface area contributed by atoms with Crippen LogP contribution in [0.5, 0.6) is 0 Å². The standard InChI is InChI=1S/C47H48ClF4N9O5S/c48-26-41(62)54-40-25-33(32-4-3-5-34(24-32)67-47(50,51)52)27-53-43(40)46(66)60-12-10-30(11-13-60)28-57-14-16-58(17-15-57)29-42(63)59-18-20-61(21-19-59)45(65)37-22-31(8-9-38(37)49)23-39-35-6-1-2-7-36(35)44(64)56-55-39/h1-9,22,24-25,27,30H,10-21,23,26,28-29H2,(H,54,62)(H,56,64). The third-order valence-electron chi connectivity index (χ3n) is 12.5. The van der Waals surface area contributed by atoms with Crippen molar-refractivity contribution in [1.82, 2.24) is 39.7 Å². The van der Waals surface area contributed by atoms with Gasteiger partial charge >= 0.3 is 5.51 Å². The van der Waals surface area contributed by atoms with Crippen molar-refractivity contribution >= 4 is 63.5 Å². The minimum absolute atomic E-state index is 0.0101. The van der Waals surface area contributed by atoms with Crippen LogP contribution in [0.3, 0.4) is 0 Å². The smallest absolute Gasteiger partial charge is 0.338 e. The van der Waals surface area contributed by atoms with E-state index in [1.54, 1.807) is 45.0 Å². The molecule has 2 N–H and O–H groups in total. The molecule has 0 radical (unpaired) electrons. The van der Waals surface area contributed by atoms with Crippen LogP contribution in [0.25, 0.3) is 21.9 Å². The molecule has 3 aliphatic heterocycles. The van der Waals surface area contributed by atoms with Crippen LogP contribution in [-0.4, -0.2) is 153 Å². The molecule has 3 aliphatic rings. The molecule has 4 amide bonds. The van der Waals surface area contributed by atoms with Gasteiger partial charge in [-0.1, -0.05) is 36.4 Å². The number of H-pyrrole nitrogens is 1. The van der Waals surface area contributed by atoms with Gasteiger partial charge in [0.25, 0.3) is 17.4 Å². The number of carbonyl (C=O) groups is 4. The molecule has 3 fully saturated rings. The molecule has 0 aliphatic carbocycles. The molecular weight excluding hydrogens is 914 g/mol. The molecule has 0 bridgehead atoms. The average molecular weight is 962 g/mol. The first-order valence-corrected chi connectivity index (χ1v) is 23.3. The van der Waals surface area contributed by atoms with Crippen molar-refractivity contribution in [3.63, 3.8) is 0 Å². The van der Waals surface area contributed by atoms with Crippen LogP contribution < -0.4 is 10.9 Å². The van der Waals surface area contributed by atoms with E-state index in [-0.39, 0.29) is 82.9 Å². The third kappa shape index (κ3) is 11.8. The number of pyridine rings is 1. The molecule has 5 heterocycles. The van der Waals surface area contributed by atoms with E-state index in [1.807, 2.05) is 6.07 Å². The molecule has 0 spiro atoms. The zero-order valence-corrected chi connectivity index (χ0v) is 37.9. The highest BCUT2D eigenvalue weighted by Gasteiger charge is 2.32. The number of amides is 4. The molecule has 0 unspecified atom stereocenters. The maximum absolute atomic E-state index is 15.1. The molecular formula is C47H48ClF4N9O5S. The molecule has 20 heteroatoms. The Balaban J connectivity index is 0.777. The lowest BCUT2D eigenvalue weighted by atomic mass is 9.95. The molecule has 0 atom stereocenters. The van der Waals surface area contributed by atoms with Gasteiger partial charge in [0.05, 0.1) is 28.9 Å². The summed E-state index contributed by atoms with van der Waals surface area (Å²) in [5.41, 5.74) is -2.53. The number of fused-ring (bicyclic) bond motifs is 1. The number of thioether (sulfide) groups is 1. The quantitative estimate of drug-likeness (QED) is 0.0871. The monoisotopic (exact) mass is 961 g/mol. The number of aromatic nitrogens is 3. The normalized spacial score (nSPS) is 16.6. The fourth-order valence-electron chi connectivity index (χ4n) is 8.87. The van der Waals surface area contributed by atoms with Crippen molar-refractivity contribution in [1.29, 1.82) is 0 Å². The summed E-state index contributed by atoms with van der Waals surface area (Å²) in [6.45, 7) is 6.30. The molecule has 5 aromatic rings. The van der Waals surface area contributed by atoms with Crippen LogP contribution in [0.4, 0.5) is 23.2 Å². The summed E-state index contributed by atoms with van der Waals surface area (Å²) in [7, 11) is 0. The van der Waals surface area contributed by atoms with Gasteiger partial charge in [0, 0.05) is 100 Å². The van der Waals surface area contributed by atoms with E-state index in [2.05, 4.69) is 30.3 Å². The Kier molecular flexibility index (Phi) is 14.9. The summed E-state index contributed by atoms with van der Waals surface area (Å²) in [5.74, 6) is -2.05. The minimum Gasteiger partial charge on any atom is -0.338 e. The number of hydrogen-bond donors (Lipinski definition) is 2. The van der Waals surface area contributed by atoms with E-state index in [4.69, 9.17) is 11.6 Å². The maximum Gasteiger partial charge on any atom is 0.446 e. The SMILES string of the molecule is O=C(CCl)Nc1cc(-c2cccc(SC(F)(F)F)c2)cnc1C(=O)N1CCC(CN2CCN(CC(=O)N3CCN(C(=O)c4cc(Cc5n[nH]c(=O)c6ccccc56)ccc4F)CC3)CC2)CC1. The number of hydrogen-bond acceptors (Lipinski definition) is 10. The first-order chi connectivity index (χ1) is 32.2. The van der Waals surface area contributed by atoms with Crippen LogP contribution >= 0.6 is 23.4 Å². The second-order valence-electron chi connectivity index (χ2n) is 16.9. The van der Waals surface area contributed by atoms with Gasteiger partial charge in [-0.3, -0.25) is 28.9 Å². The average Bonchev–Trinajstić information content (AvgIpc) is 3.33. The molecule has 3 saturated heterocycles. The van der Waals surface area contributed by atoms with E-state index in [0.717, 1.165) is 32.5 Å². The second-order valence-corrected chi connectivity index (χ2v) is 18.3. The number of piperazine rings is 2. The van der Waals surface area contributed by atoms with Crippen molar-refractivity contribution in [3.8, 4) is 11.1 Å². The van der Waals surface area contributed by atoms with Gasteiger partial charge in [0.1, 0.15) is 11.7 Å². The number of nitrogens with zero attached hydrogens (tertiary/aromatic N) is 7. The topological polar surface area (TPSA) is 155 Å². The van der Waals surface area contributed by atoms with E-state index in [9.17, 15) is 37.1 Å². The Hall–Kier alpha value is -5.89. The molecule has 14 nitrogen and oxygen atoms in total. The molecule has 8 rings (SSSR count). The van der Waals surface area contributed by atoms with Crippen molar-refractivity contribution in [2.75, 3.05) is 89.7 Å². The number of carbonyl (C=O) groups excluding carboxylic acids is 4. The number of piperidine rings is 1. The number of halogens is 5. The van der Waals surface area contributed by atoms with Crippen molar-refractivity contribution in [2.45, 2.75) is 29.7 Å². The first-order valence-electron chi connectivity index (χ1n) is 22.0. The van der Waals surface area contributed by atoms with Crippen LogP contribution in [0.15, 0.2) is 88.7 Å². The van der Waals surface area contributed by atoms with Crippen molar-refractivity contribution < 1.29 is 36.7 Å². The lowest BCUT2D eigenvalue weighted by Gasteiger charge is -2.40. The zero-order chi connectivity index (χ0) is 47.2. The summed E-state index contributed by atoms with van der Waals surface area (Å²) in [4.78, 5) is 79.2. The number of rotatable bonds is 12. The van der Waals surface area contributed by atoms with Crippen molar-refractivity contribution in [3.05, 3.63) is 118 Å². The van der Waals surface area contributed by atoms with E-state index in [0.29, 0.717) is 78.3 Å². The van der Waals surface area contributed by atoms with Crippen molar-refractivity contribution in [2.24, 2.45) is 5.92 Å². The highest BCUT2D eigenvalue weighted by atomic mass is 35.5. The third-order valence-corrected chi connectivity index (χ3v) is 13.4. The summed E-state index contributed by atoms with van der Waals surface area (Å²) in [6, 6.07) is 18.9. The fourth-order valence-corrected chi connectivity index (χ4v) is 9.54. The van der Waals surface area contributed by atoms with Crippen LogP contribution in [0.1, 0.15) is 44.9 Å². The van der Waals surface area contributed by atoms with Gasteiger partial charge < -0.3 is 24.9 Å². The fraction of sp³-hybridized carbons (Fsp3) is 0.383. The number of anilines is 1. The van der Waals surface area contributed by atoms with Crippen LogP contribution in [0.2, 0.25) is 0 Å². The molecule has 352 valence electrons. The van der Waals surface area contributed by atoms with Crippen LogP contribution in [0, 0.1) is 11.7 Å². The zero-order valence-electron chi connectivity index (χ0n) is 36.4. The number of nitrogens with one attached hydrogen (secondary N) is 2. The Morgan fingerprint density at radius 3 is 2.18 bits per heavy atom. The molecule has 2 aromatic heterocycles. The lowest BCUT2D eigenvalue weighted by Crippen LogP contribution is -2.55. The molecule has 67 heavy (non-hydrogen) atoms. The Labute approximate surface area is 392 Å². The van der Waals surface area contributed by atoms with Gasteiger partial charge in [-0.15, -0.1) is 11.6 Å². The molecule has 0 saturated carbocycles. The van der Waals surface area contributed by atoms with E-state index < -0.39 is 23.1 Å². The number of aromatic amines is 1. The highest BCUT2D eigenvalue weighted by molar-refractivity contribution is 8.00. The highest BCUT2D eigenvalue weighted by Crippen LogP contribution is 2.38. The van der Waals surface area contributed by atoms with Crippen LogP contribution in [-0.2, 0) is 16.0 Å². The summed E-state index contributed by atoms with van der Waals surface area (Å²) < 4.78 is 54.2. The number of likely N-dealkylation sites (tertiary alicyclic amines) is 1. The summed E-state index contributed by atoms with van der Waals surface area (Å²) >= 11 is 5.52. The predicted octanol–water partition coefficient (Wildman–Crippen LogP) is 5.96. The first kappa shape index (κ1) is 47.6. The summed E-state index contributed by atoms with van der Waals surface area (Å²) in [5, 5.41) is 10.5.